The van der Waals surface area contributed by atoms with Gasteiger partial charge in [-0.05, 0) is 51.0 Å². The largest absolute Gasteiger partial charge is 0.361 e. The summed E-state index contributed by atoms with van der Waals surface area (Å²) in [6.07, 6.45) is 3.78. The molecule has 0 bridgehead atoms. The monoisotopic (exact) mass is 447 g/mol. The van der Waals surface area contributed by atoms with Gasteiger partial charge in [0.2, 0.25) is 0 Å². The lowest BCUT2D eigenvalue weighted by Crippen LogP contribution is -2.38. The number of aryl methyl sites for hydroxylation is 2. The molecule has 0 radical (unpaired) electrons. The highest BCUT2D eigenvalue weighted by molar-refractivity contribution is 7.98. The Balaban J connectivity index is 1.27. The summed E-state index contributed by atoms with van der Waals surface area (Å²) >= 11 is 1.66. The average molecular weight is 448 g/mol. The molecule has 3 aromatic heterocycles. The summed E-state index contributed by atoms with van der Waals surface area (Å²) < 4.78 is 7.33. The number of fused-ring (bicyclic) bond motifs is 1. The Morgan fingerprint density at radius 3 is 2.66 bits per heavy atom. The van der Waals surface area contributed by atoms with Gasteiger partial charge in [0.15, 0.2) is 5.65 Å². The van der Waals surface area contributed by atoms with E-state index >= 15 is 0 Å². The third-order valence-corrected chi connectivity index (χ3v) is 7.26. The summed E-state index contributed by atoms with van der Waals surface area (Å²) in [5.74, 6) is 2.95. The van der Waals surface area contributed by atoms with Crippen molar-refractivity contribution in [2.24, 2.45) is 0 Å². The molecule has 1 aliphatic rings. The molecule has 0 atom stereocenters. The Kier molecular flexibility index (Phi) is 5.70. The minimum Gasteiger partial charge on any atom is -0.361 e. The molecule has 4 heterocycles. The first-order valence-electron chi connectivity index (χ1n) is 10.8. The van der Waals surface area contributed by atoms with Gasteiger partial charge >= 0.3 is 0 Å². The number of likely N-dealkylation sites (tertiary alicyclic amines) is 1. The van der Waals surface area contributed by atoms with Crippen molar-refractivity contribution >= 4 is 23.3 Å². The van der Waals surface area contributed by atoms with Gasteiger partial charge in [-0.25, -0.2) is 0 Å². The van der Waals surface area contributed by atoms with Gasteiger partial charge in [-0.2, -0.15) is 0 Å². The fourth-order valence-corrected chi connectivity index (χ4v) is 5.47. The van der Waals surface area contributed by atoms with E-state index in [1.54, 1.807) is 11.8 Å². The number of amides is 1. The number of nitrogens with zero attached hydrogens (tertiary/aromatic N) is 5. The summed E-state index contributed by atoms with van der Waals surface area (Å²) in [5, 5.41) is 12.7. The number of rotatable bonds is 5. The first-order chi connectivity index (χ1) is 15.6. The van der Waals surface area contributed by atoms with Crippen LogP contribution in [0.3, 0.4) is 0 Å². The van der Waals surface area contributed by atoms with Gasteiger partial charge in [0, 0.05) is 41.4 Å². The van der Waals surface area contributed by atoms with E-state index in [4.69, 9.17) is 4.52 Å². The summed E-state index contributed by atoms with van der Waals surface area (Å²) in [4.78, 5) is 16.3. The lowest BCUT2D eigenvalue weighted by atomic mass is 9.95. The van der Waals surface area contributed by atoms with Gasteiger partial charge < -0.3 is 9.42 Å². The zero-order valence-corrected chi connectivity index (χ0v) is 19.0. The van der Waals surface area contributed by atoms with Gasteiger partial charge in [0.05, 0.1) is 11.3 Å². The Morgan fingerprint density at radius 2 is 1.88 bits per heavy atom. The summed E-state index contributed by atoms with van der Waals surface area (Å²) in [7, 11) is 0. The van der Waals surface area contributed by atoms with Crippen LogP contribution in [-0.4, -0.2) is 43.7 Å². The third-order valence-electron chi connectivity index (χ3n) is 6.16. The highest BCUT2D eigenvalue weighted by Crippen LogP contribution is 2.32. The quantitative estimate of drug-likeness (QED) is 0.415. The molecule has 5 rings (SSSR count). The van der Waals surface area contributed by atoms with Crippen molar-refractivity contribution in [3.63, 3.8) is 0 Å². The van der Waals surface area contributed by atoms with E-state index in [1.807, 2.05) is 67.4 Å². The fraction of sp³-hybridized carbons (Fsp3) is 0.333. The van der Waals surface area contributed by atoms with Gasteiger partial charge in [0.1, 0.15) is 11.6 Å². The van der Waals surface area contributed by atoms with E-state index in [1.165, 1.54) is 0 Å². The Labute approximate surface area is 190 Å². The van der Waals surface area contributed by atoms with Crippen LogP contribution in [0.15, 0.2) is 58.1 Å². The van der Waals surface area contributed by atoms with E-state index in [-0.39, 0.29) is 5.91 Å². The van der Waals surface area contributed by atoms with E-state index in [9.17, 15) is 4.79 Å². The maximum absolute atomic E-state index is 13.4. The number of benzene rings is 1. The molecule has 4 aromatic rings. The number of piperidine rings is 1. The molecule has 1 amide bonds. The minimum absolute atomic E-state index is 0.0939. The van der Waals surface area contributed by atoms with Crippen LogP contribution in [0.5, 0.6) is 0 Å². The van der Waals surface area contributed by atoms with Crippen LogP contribution in [0.25, 0.3) is 5.65 Å². The topological polar surface area (TPSA) is 76.5 Å². The van der Waals surface area contributed by atoms with E-state index in [2.05, 4.69) is 19.8 Å². The van der Waals surface area contributed by atoms with Crippen LogP contribution in [0.2, 0.25) is 0 Å². The zero-order chi connectivity index (χ0) is 22.1. The maximum atomic E-state index is 13.4. The molecule has 164 valence electrons. The second-order valence-corrected chi connectivity index (χ2v) is 9.16. The van der Waals surface area contributed by atoms with E-state index in [0.717, 1.165) is 57.5 Å². The number of carbonyl (C=O) groups is 1. The molecule has 8 heteroatoms. The Hall–Kier alpha value is -3.13. The van der Waals surface area contributed by atoms with Crippen LogP contribution in [0, 0.1) is 13.8 Å². The molecule has 1 aliphatic heterocycles. The molecule has 0 spiro atoms. The van der Waals surface area contributed by atoms with Gasteiger partial charge in [0.25, 0.3) is 5.91 Å². The molecule has 32 heavy (non-hydrogen) atoms. The van der Waals surface area contributed by atoms with E-state index in [0.29, 0.717) is 19.0 Å². The van der Waals surface area contributed by atoms with Crippen LogP contribution in [0.4, 0.5) is 0 Å². The van der Waals surface area contributed by atoms with Gasteiger partial charge in [-0.1, -0.05) is 23.4 Å². The molecule has 1 fully saturated rings. The van der Waals surface area contributed by atoms with Gasteiger partial charge in [-0.15, -0.1) is 22.0 Å². The van der Waals surface area contributed by atoms with Crippen molar-refractivity contribution in [1.82, 2.24) is 24.7 Å². The third kappa shape index (κ3) is 3.90. The second kappa shape index (κ2) is 8.78. The molecule has 0 unspecified atom stereocenters. The number of thioether (sulfide) groups is 1. The van der Waals surface area contributed by atoms with Crippen molar-refractivity contribution in [3.8, 4) is 0 Å². The lowest BCUT2D eigenvalue weighted by molar-refractivity contribution is 0.0707. The molecule has 7 nitrogen and oxygen atoms in total. The van der Waals surface area contributed by atoms with Crippen molar-refractivity contribution in [2.45, 2.75) is 43.3 Å². The number of hydrogen-bond acceptors (Lipinski definition) is 6. The predicted octanol–water partition coefficient (Wildman–Crippen LogP) is 4.65. The molecule has 0 aliphatic carbocycles. The number of carbonyl (C=O) groups excluding carboxylic acids is 1. The summed E-state index contributed by atoms with van der Waals surface area (Å²) in [5.41, 5.74) is 3.63. The van der Waals surface area contributed by atoms with Crippen LogP contribution >= 0.6 is 11.8 Å². The first kappa shape index (κ1) is 20.8. The van der Waals surface area contributed by atoms with Crippen LogP contribution in [0.1, 0.15) is 52.0 Å². The predicted molar refractivity (Wildman–Crippen MR) is 123 cm³/mol. The number of pyridine rings is 1. The summed E-state index contributed by atoms with van der Waals surface area (Å²) in [6, 6.07) is 13.8. The standard InChI is InChI=1S/C24H25N5O2S/c1-16-20(17(2)31-27-16)15-32-21-8-4-3-7-19(21)24(30)28-13-10-18(11-14-28)23-26-25-22-9-5-6-12-29(22)23/h3-9,12,18H,10-11,13-15H2,1-2H3. The second-order valence-electron chi connectivity index (χ2n) is 8.14. The highest BCUT2D eigenvalue weighted by Gasteiger charge is 2.28. The summed E-state index contributed by atoms with van der Waals surface area (Å²) in [6.45, 7) is 5.31. The molecule has 1 saturated heterocycles. The maximum Gasteiger partial charge on any atom is 0.254 e. The molecular formula is C24H25N5O2S. The average Bonchev–Trinajstić information content (AvgIpc) is 3.40. The minimum atomic E-state index is 0.0939. The van der Waals surface area contributed by atoms with Crippen molar-refractivity contribution in [2.75, 3.05) is 13.1 Å². The smallest absolute Gasteiger partial charge is 0.254 e. The molecule has 0 N–H and O–H groups in total. The lowest BCUT2D eigenvalue weighted by Gasteiger charge is -2.31. The Morgan fingerprint density at radius 1 is 1.09 bits per heavy atom. The molecular weight excluding hydrogens is 422 g/mol. The molecule has 0 saturated carbocycles. The van der Waals surface area contributed by atoms with Crippen LogP contribution in [-0.2, 0) is 5.75 Å². The number of hydrogen-bond donors (Lipinski definition) is 0. The highest BCUT2D eigenvalue weighted by atomic mass is 32.2. The Bertz CT molecular complexity index is 1240. The van der Waals surface area contributed by atoms with Crippen LogP contribution < -0.4 is 0 Å². The number of aromatic nitrogens is 4. The SMILES string of the molecule is Cc1noc(C)c1CSc1ccccc1C(=O)N1CCC(c2nnc3ccccn23)CC1. The zero-order valence-electron chi connectivity index (χ0n) is 18.2. The normalized spacial score (nSPS) is 14.9. The van der Waals surface area contributed by atoms with Gasteiger partial charge in [-0.3, -0.25) is 9.20 Å². The van der Waals surface area contributed by atoms with Crippen molar-refractivity contribution in [3.05, 3.63) is 77.1 Å². The van der Waals surface area contributed by atoms with Crippen molar-refractivity contribution in [1.29, 1.82) is 0 Å². The fourth-order valence-electron chi connectivity index (χ4n) is 4.28. The van der Waals surface area contributed by atoms with Crippen molar-refractivity contribution < 1.29 is 9.32 Å². The van der Waals surface area contributed by atoms with E-state index < -0.39 is 0 Å². The first-order valence-corrected chi connectivity index (χ1v) is 11.8. The molecule has 1 aromatic carbocycles.